The fourth-order valence-corrected chi connectivity index (χ4v) is 3.72. The molecule has 0 bridgehead atoms. The topological polar surface area (TPSA) is 41.6 Å². The molecule has 1 fully saturated rings. The van der Waals surface area contributed by atoms with E-state index in [2.05, 4.69) is 17.6 Å². The van der Waals surface area contributed by atoms with Gasteiger partial charge in [0.2, 0.25) is 0 Å². The average molecular weight is 359 g/mol. The number of thiophene rings is 1. The van der Waals surface area contributed by atoms with Crippen LogP contribution in [0.4, 0.5) is 4.79 Å². The first kappa shape index (κ1) is 18.6. The van der Waals surface area contributed by atoms with Crippen LogP contribution < -0.4 is 5.32 Å². The molecule has 1 N–H and O–H groups in total. The van der Waals surface area contributed by atoms with Crippen LogP contribution >= 0.6 is 22.9 Å². The number of nitrogens with zero attached hydrogens (tertiary/aromatic N) is 1. The number of rotatable bonds is 4. The van der Waals surface area contributed by atoms with E-state index in [1.165, 1.54) is 5.56 Å². The van der Waals surface area contributed by atoms with Crippen LogP contribution in [-0.2, 0) is 4.74 Å². The summed E-state index contributed by atoms with van der Waals surface area (Å²) in [6, 6.07) is 2.29. The highest BCUT2D eigenvalue weighted by atomic mass is 35.5. The number of hydrogen-bond acceptors (Lipinski definition) is 4. The van der Waals surface area contributed by atoms with E-state index in [4.69, 9.17) is 16.3 Å². The zero-order valence-corrected chi connectivity index (χ0v) is 16.0. The van der Waals surface area contributed by atoms with E-state index in [0.29, 0.717) is 5.92 Å². The number of carbonyl (C=O) groups excluding carboxylic acids is 1. The maximum Gasteiger partial charge on any atom is 0.410 e. The quantitative estimate of drug-likeness (QED) is 0.848. The first-order valence-electron chi connectivity index (χ1n) is 8.20. The van der Waals surface area contributed by atoms with E-state index in [1.54, 1.807) is 11.3 Å². The molecule has 130 valence electrons. The molecule has 2 atom stereocenters. The Morgan fingerprint density at radius 3 is 2.91 bits per heavy atom. The van der Waals surface area contributed by atoms with Crippen molar-refractivity contribution in [2.45, 2.75) is 52.2 Å². The number of carbonyl (C=O) groups is 1. The van der Waals surface area contributed by atoms with Gasteiger partial charge in [0.1, 0.15) is 5.60 Å². The van der Waals surface area contributed by atoms with Crippen LogP contribution in [0, 0.1) is 5.92 Å². The van der Waals surface area contributed by atoms with Crippen LogP contribution in [0.2, 0.25) is 4.34 Å². The summed E-state index contributed by atoms with van der Waals surface area (Å²) in [5.41, 5.74) is 0.787. The predicted octanol–water partition coefficient (Wildman–Crippen LogP) is 4.70. The number of piperidine rings is 1. The predicted molar refractivity (Wildman–Crippen MR) is 96.3 cm³/mol. The molecule has 2 rings (SSSR count). The second-order valence-electron chi connectivity index (χ2n) is 7.25. The fraction of sp³-hybridized carbons (Fsp3) is 0.706. The molecule has 4 nitrogen and oxygen atoms in total. The molecule has 0 aliphatic carbocycles. The van der Waals surface area contributed by atoms with Crippen LogP contribution in [0.3, 0.4) is 0 Å². The third-order valence-electron chi connectivity index (χ3n) is 3.97. The molecule has 0 radical (unpaired) electrons. The largest absolute Gasteiger partial charge is 0.444 e. The van der Waals surface area contributed by atoms with Crippen LogP contribution in [0.25, 0.3) is 0 Å². The molecule has 6 heteroatoms. The second kappa shape index (κ2) is 7.86. The normalized spacial score (nSPS) is 20.4. The SMILES string of the molecule is CC(NCC1CCCN(C(=O)OC(C)(C)C)C1)c1csc(Cl)c1. The van der Waals surface area contributed by atoms with Gasteiger partial charge in [-0.1, -0.05) is 11.6 Å². The summed E-state index contributed by atoms with van der Waals surface area (Å²) in [5, 5.41) is 5.65. The molecule has 2 heterocycles. The minimum Gasteiger partial charge on any atom is -0.444 e. The zero-order valence-electron chi connectivity index (χ0n) is 14.4. The highest BCUT2D eigenvalue weighted by Crippen LogP contribution is 2.25. The molecule has 1 aliphatic rings. The third-order valence-corrected chi connectivity index (χ3v) is 5.08. The Bertz CT molecular complexity index is 527. The summed E-state index contributed by atoms with van der Waals surface area (Å²) >= 11 is 7.55. The number of amides is 1. The van der Waals surface area contributed by atoms with E-state index in [-0.39, 0.29) is 12.1 Å². The maximum absolute atomic E-state index is 12.2. The van der Waals surface area contributed by atoms with Crippen molar-refractivity contribution in [3.8, 4) is 0 Å². The highest BCUT2D eigenvalue weighted by Gasteiger charge is 2.27. The van der Waals surface area contributed by atoms with Crippen molar-refractivity contribution in [3.63, 3.8) is 0 Å². The Labute approximate surface area is 148 Å². The number of ether oxygens (including phenoxy) is 1. The standard InChI is InChI=1S/C17H27ClN2O2S/c1-12(14-8-15(18)23-11-14)19-9-13-6-5-7-20(10-13)16(21)22-17(2,3)4/h8,11-13,19H,5-7,9-10H2,1-4H3. The van der Waals surface area contributed by atoms with Gasteiger partial charge in [-0.15, -0.1) is 11.3 Å². The summed E-state index contributed by atoms with van der Waals surface area (Å²) in [6.07, 6.45) is 1.98. The molecular formula is C17H27ClN2O2S. The lowest BCUT2D eigenvalue weighted by molar-refractivity contribution is 0.0165. The third kappa shape index (κ3) is 5.98. The molecule has 1 aromatic heterocycles. The fourth-order valence-electron chi connectivity index (χ4n) is 2.74. The van der Waals surface area contributed by atoms with Crippen LogP contribution in [-0.4, -0.2) is 36.2 Å². The smallest absolute Gasteiger partial charge is 0.410 e. The van der Waals surface area contributed by atoms with Gasteiger partial charge >= 0.3 is 6.09 Å². The Morgan fingerprint density at radius 1 is 1.57 bits per heavy atom. The molecule has 1 saturated heterocycles. The molecular weight excluding hydrogens is 332 g/mol. The first-order valence-corrected chi connectivity index (χ1v) is 9.45. The van der Waals surface area contributed by atoms with E-state index >= 15 is 0 Å². The van der Waals surface area contributed by atoms with Crippen molar-refractivity contribution >= 4 is 29.0 Å². The summed E-state index contributed by atoms with van der Waals surface area (Å²) in [6.45, 7) is 10.3. The number of likely N-dealkylation sites (tertiary alicyclic amines) is 1. The van der Waals surface area contributed by atoms with Crippen molar-refractivity contribution in [1.29, 1.82) is 0 Å². The van der Waals surface area contributed by atoms with Crippen molar-refractivity contribution < 1.29 is 9.53 Å². The highest BCUT2D eigenvalue weighted by molar-refractivity contribution is 7.14. The number of halogens is 1. The first-order chi connectivity index (χ1) is 10.7. The molecule has 1 aliphatic heterocycles. The van der Waals surface area contributed by atoms with E-state index in [9.17, 15) is 4.79 Å². The minimum absolute atomic E-state index is 0.195. The summed E-state index contributed by atoms with van der Waals surface area (Å²) in [5.74, 6) is 0.466. The van der Waals surface area contributed by atoms with Crippen molar-refractivity contribution in [3.05, 3.63) is 21.3 Å². The average Bonchev–Trinajstić information content (AvgIpc) is 2.90. The minimum atomic E-state index is -0.436. The Balaban J connectivity index is 1.81. The lowest BCUT2D eigenvalue weighted by Crippen LogP contribution is -2.45. The Kier molecular flexibility index (Phi) is 6.34. The molecule has 1 amide bonds. The molecule has 2 unspecified atom stereocenters. The van der Waals surface area contributed by atoms with E-state index in [1.807, 2.05) is 31.7 Å². The lowest BCUT2D eigenvalue weighted by Gasteiger charge is -2.34. The summed E-state index contributed by atoms with van der Waals surface area (Å²) < 4.78 is 6.30. The van der Waals surface area contributed by atoms with Crippen LogP contribution in [0.1, 0.15) is 52.1 Å². The lowest BCUT2D eigenvalue weighted by atomic mass is 9.97. The molecule has 0 aromatic carbocycles. The van der Waals surface area contributed by atoms with E-state index < -0.39 is 5.60 Å². The van der Waals surface area contributed by atoms with Gasteiger partial charge in [0.25, 0.3) is 0 Å². The van der Waals surface area contributed by atoms with Gasteiger partial charge in [-0.2, -0.15) is 0 Å². The molecule has 0 spiro atoms. The molecule has 1 aromatic rings. The monoisotopic (exact) mass is 358 g/mol. The Hall–Kier alpha value is -0.780. The van der Waals surface area contributed by atoms with E-state index in [0.717, 1.165) is 36.8 Å². The van der Waals surface area contributed by atoms with Gasteiger partial charge in [0, 0.05) is 25.7 Å². The number of nitrogens with one attached hydrogen (secondary N) is 1. The molecule has 0 saturated carbocycles. The van der Waals surface area contributed by atoms with Gasteiger partial charge in [-0.05, 0) is 63.5 Å². The zero-order chi connectivity index (χ0) is 17.0. The molecule has 23 heavy (non-hydrogen) atoms. The second-order valence-corrected chi connectivity index (χ2v) is 8.79. The van der Waals surface area contributed by atoms with Crippen molar-refractivity contribution in [2.24, 2.45) is 5.92 Å². The van der Waals surface area contributed by atoms with Crippen molar-refractivity contribution in [2.75, 3.05) is 19.6 Å². The van der Waals surface area contributed by atoms with Gasteiger partial charge in [-0.3, -0.25) is 0 Å². The van der Waals surface area contributed by atoms with Gasteiger partial charge in [0.05, 0.1) is 4.34 Å². The summed E-state index contributed by atoms with van der Waals surface area (Å²) in [7, 11) is 0. The van der Waals surface area contributed by atoms with Gasteiger partial charge in [0.15, 0.2) is 0 Å². The number of hydrogen-bond donors (Lipinski definition) is 1. The van der Waals surface area contributed by atoms with Gasteiger partial charge < -0.3 is 15.0 Å². The maximum atomic E-state index is 12.2. The summed E-state index contributed by atoms with van der Waals surface area (Å²) in [4.78, 5) is 14.0. The van der Waals surface area contributed by atoms with Crippen LogP contribution in [0.5, 0.6) is 0 Å². The Morgan fingerprint density at radius 2 is 2.30 bits per heavy atom. The van der Waals surface area contributed by atoms with Crippen molar-refractivity contribution in [1.82, 2.24) is 10.2 Å². The van der Waals surface area contributed by atoms with Crippen LogP contribution in [0.15, 0.2) is 11.4 Å². The van der Waals surface area contributed by atoms with Gasteiger partial charge in [-0.25, -0.2) is 4.79 Å².